The summed E-state index contributed by atoms with van der Waals surface area (Å²) in [6, 6.07) is 9.64. The number of benzene rings is 1. The van der Waals surface area contributed by atoms with E-state index in [9.17, 15) is 9.59 Å². The van der Waals surface area contributed by atoms with Crippen LogP contribution in [-0.2, 0) is 25.7 Å². The molecule has 7 nitrogen and oxygen atoms in total. The van der Waals surface area contributed by atoms with Gasteiger partial charge < -0.3 is 14.4 Å². The first-order valence-corrected chi connectivity index (χ1v) is 11.7. The lowest BCUT2D eigenvalue weighted by Crippen LogP contribution is -2.47. The normalized spacial score (nSPS) is 29.3. The quantitative estimate of drug-likeness (QED) is 0.660. The SMILES string of the molecule is O=C(OCc1ccccc1)C1CC(=O)C2CC3(CCN(CN4C=CN=CC4)CC3)OC2C1. The van der Waals surface area contributed by atoms with Gasteiger partial charge in [0.25, 0.3) is 0 Å². The zero-order valence-corrected chi connectivity index (χ0v) is 18.4. The highest BCUT2D eigenvalue weighted by Crippen LogP contribution is 2.47. The van der Waals surface area contributed by atoms with Crippen LogP contribution in [0.4, 0.5) is 0 Å². The number of carbonyl (C=O) groups is 2. The maximum atomic E-state index is 12.9. The number of hydrogen-bond donors (Lipinski definition) is 0. The minimum Gasteiger partial charge on any atom is -0.461 e. The van der Waals surface area contributed by atoms with Gasteiger partial charge in [0.05, 0.1) is 30.8 Å². The second-order valence-electron chi connectivity index (χ2n) is 9.51. The van der Waals surface area contributed by atoms with Gasteiger partial charge in [-0.25, -0.2) is 0 Å². The van der Waals surface area contributed by atoms with Crippen molar-refractivity contribution < 1.29 is 19.1 Å². The Morgan fingerprint density at radius 1 is 1.22 bits per heavy atom. The van der Waals surface area contributed by atoms with E-state index in [0.29, 0.717) is 6.42 Å². The molecule has 3 fully saturated rings. The third-order valence-electron chi connectivity index (χ3n) is 7.31. The van der Waals surface area contributed by atoms with Gasteiger partial charge in [-0.05, 0) is 31.2 Å². The number of Topliss-reactive ketones (excluding diaryl/α,β-unsaturated/α-hetero) is 1. The number of carbonyl (C=O) groups excluding carboxylic acids is 2. The van der Waals surface area contributed by atoms with E-state index in [1.807, 2.05) is 48.9 Å². The highest BCUT2D eigenvalue weighted by molar-refractivity contribution is 5.88. The van der Waals surface area contributed by atoms with Crippen molar-refractivity contribution in [1.82, 2.24) is 9.80 Å². The zero-order chi connectivity index (χ0) is 22.0. The van der Waals surface area contributed by atoms with Crippen LogP contribution >= 0.6 is 0 Å². The Morgan fingerprint density at radius 3 is 2.78 bits per heavy atom. The van der Waals surface area contributed by atoms with Gasteiger partial charge in [0.1, 0.15) is 12.4 Å². The highest BCUT2D eigenvalue weighted by Gasteiger charge is 2.53. The maximum Gasteiger partial charge on any atom is 0.309 e. The molecule has 0 amide bonds. The number of piperidine rings is 1. The predicted octanol–water partition coefficient (Wildman–Crippen LogP) is 2.76. The van der Waals surface area contributed by atoms with E-state index < -0.39 is 5.92 Å². The van der Waals surface area contributed by atoms with Gasteiger partial charge in [-0.1, -0.05) is 30.3 Å². The van der Waals surface area contributed by atoms with E-state index in [4.69, 9.17) is 9.47 Å². The summed E-state index contributed by atoms with van der Waals surface area (Å²) in [6.07, 6.45) is 9.15. The second-order valence-corrected chi connectivity index (χ2v) is 9.51. The number of nitrogens with zero attached hydrogens (tertiary/aromatic N) is 3. The van der Waals surface area contributed by atoms with Crippen molar-refractivity contribution in [3.8, 4) is 0 Å². The third-order valence-corrected chi connectivity index (χ3v) is 7.31. The summed E-state index contributed by atoms with van der Waals surface area (Å²) in [6.45, 7) is 3.89. The Balaban J connectivity index is 1.13. The molecule has 1 aromatic rings. The molecule has 2 saturated heterocycles. The summed E-state index contributed by atoms with van der Waals surface area (Å²) in [4.78, 5) is 34.3. The van der Waals surface area contributed by atoms with Gasteiger partial charge in [0.2, 0.25) is 0 Å². The summed E-state index contributed by atoms with van der Waals surface area (Å²) in [5.74, 6) is -0.575. The summed E-state index contributed by atoms with van der Waals surface area (Å²) in [5, 5.41) is 0. The van der Waals surface area contributed by atoms with Crippen LogP contribution in [0.15, 0.2) is 47.7 Å². The smallest absolute Gasteiger partial charge is 0.309 e. The van der Waals surface area contributed by atoms with Crippen LogP contribution in [0.25, 0.3) is 0 Å². The molecule has 3 heterocycles. The first kappa shape index (κ1) is 21.3. The number of ketones is 1. The van der Waals surface area contributed by atoms with Gasteiger partial charge in [-0.3, -0.25) is 19.5 Å². The van der Waals surface area contributed by atoms with E-state index >= 15 is 0 Å². The number of ether oxygens (including phenoxy) is 2. The fourth-order valence-electron chi connectivity index (χ4n) is 5.49. The molecule has 0 aromatic heterocycles. The zero-order valence-electron chi connectivity index (χ0n) is 18.4. The Labute approximate surface area is 189 Å². The van der Waals surface area contributed by atoms with Crippen LogP contribution in [0.1, 0.15) is 37.7 Å². The Kier molecular flexibility index (Phi) is 6.11. The average molecular weight is 438 g/mol. The van der Waals surface area contributed by atoms with Crippen LogP contribution in [0, 0.1) is 11.8 Å². The largest absolute Gasteiger partial charge is 0.461 e. The monoisotopic (exact) mass is 437 g/mol. The molecule has 170 valence electrons. The van der Waals surface area contributed by atoms with Crippen LogP contribution in [0.3, 0.4) is 0 Å². The van der Waals surface area contributed by atoms with Gasteiger partial charge >= 0.3 is 5.97 Å². The Morgan fingerprint density at radius 2 is 2.03 bits per heavy atom. The number of fused-ring (bicyclic) bond motifs is 1. The van der Waals surface area contributed by atoms with E-state index in [-0.39, 0.29) is 42.4 Å². The number of rotatable bonds is 5. The lowest BCUT2D eigenvalue weighted by molar-refractivity contribution is -0.157. The minimum atomic E-state index is -0.393. The second kappa shape index (κ2) is 9.16. The fraction of sp³-hybridized carbons (Fsp3) is 0.560. The lowest BCUT2D eigenvalue weighted by atomic mass is 9.75. The van der Waals surface area contributed by atoms with Crippen LogP contribution in [0.2, 0.25) is 0 Å². The van der Waals surface area contributed by atoms with Crippen LogP contribution in [0.5, 0.6) is 0 Å². The Hall–Kier alpha value is -2.51. The molecule has 5 rings (SSSR count). The number of esters is 1. The summed E-state index contributed by atoms with van der Waals surface area (Å²) < 4.78 is 12.1. The van der Waals surface area contributed by atoms with Gasteiger partial charge in [-0.2, -0.15) is 0 Å². The third kappa shape index (κ3) is 4.64. The molecule has 0 bridgehead atoms. The van der Waals surface area contributed by atoms with Crippen molar-refractivity contribution in [1.29, 1.82) is 0 Å². The molecular formula is C25H31N3O4. The van der Waals surface area contributed by atoms with Crippen molar-refractivity contribution in [2.24, 2.45) is 16.8 Å². The highest BCUT2D eigenvalue weighted by atomic mass is 16.5. The van der Waals surface area contributed by atoms with E-state index in [0.717, 1.165) is 51.1 Å². The summed E-state index contributed by atoms with van der Waals surface area (Å²) in [5.41, 5.74) is 0.736. The minimum absolute atomic E-state index is 0.0686. The van der Waals surface area contributed by atoms with E-state index in [1.165, 1.54) is 0 Å². The average Bonchev–Trinajstić information content (AvgIpc) is 3.19. The summed E-state index contributed by atoms with van der Waals surface area (Å²) >= 11 is 0. The molecule has 0 N–H and O–H groups in total. The lowest BCUT2D eigenvalue weighted by Gasteiger charge is -2.40. The molecule has 3 atom stereocenters. The number of hydrogen-bond acceptors (Lipinski definition) is 7. The molecule has 3 unspecified atom stereocenters. The van der Waals surface area contributed by atoms with Crippen molar-refractivity contribution in [2.45, 2.75) is 50.4 Å². The van der Waals surface area contributed by atoms with Crippen molar-refractivity contribution in [3.63, 3.8) is 0 Å². The van der Waals surface area contributed by atoms with Gasteiger partial charge in [0.15, 0.2) is 0 Å². The van der Waals surface area contributed by atoms with Crippen molar-refractivity contribution in [2.75, 3.05) is 26.3 Å². The number of aliphatic imine (C=N–C) groups is 1. The van der Waals surface area contributed by atoms with Gasteiger partial charge in [-0.15, -0.1) is 0 Å². The van der Waals surface area contributed by atoms with Crippen LogP contribution < -0.4 is 0 Å². The van der Waals surface area contributed by atoms with Crippen molar-refractivity contribution >= 4 is 18.0 Å². The topological polar surface area (TPSA) is 71.4 Å². The fourth-order valence-corrected chi connectivity index (χ4v) is 5.49. The molecule has 4 aliphatic rings. The maximum absolute atomic E-state index is 12.9. The molecule has 3 aliphatic heterocycles. The van der Waals surface area contributed by atoms with E-state index in [1.54, 1.807) is 0 Å². The molecule has 0 radical (unpaired) electrons. The Bertz CT molecular complexity index is 892. The molecule has 1 saturated carbocycles. The van der Waals surface area contributed by atoms with Gasteiger partial charge in [0, 0.05) is 44.0 Å². The predicted molar refractivity (Wildman–Crippen MR) is 120 cm³/mol. The molecule has 1 spiro atoms. The summed E-state index contributed by atoms with van der Waals surface area (Å²) in [7, 11) is 0. The molecule has 1 aromatic carbocycles. The van der Waals surface area contributed by atoms with Crippen LogP contribution in [-0.4, -0.2) is 65.8 Å². The van der Waals surface area contributed by atoms with E-state index in [2.05, 4.69) is 14.8 Å². The molecule has 32 heavy (non-hydrogen) atoms. The first-order chi connectivity index (χ1) is 15.6. The van der Waals surface area contributed by atoms with Crippen molar-refractivity contribution in [3.05, 3.63) is 48.3 Å². The first-order valence-electron chi connectivity index (χ1n) is 11.7. The molecule has 1 aliphatic carbocycles. The number of likely N-dealkylation sites (tertiary alicyclic amines) is 1. The standard InChI is InChI=1S/C25H31N3O4/c29-22-14-20(24(30)31-17-19-4-2-1-3-5-19)15-23-21(22)16-25(32-23)6-10-27(11-7-25)18-28-12-8-26-9-13-28/h1-5,8-9,12,20-21,23H,6-7,10-11,13-18H2. The molecular weight excluding hydrogens is 406 g/mol. The molecule has 7 heteroatoms.